The third-order valence-corrected chi connectivity index (χ3v) is 4.37. The molecule has 0 amide bonds. The van der Waals surface area contributed by atoms with Gasteiger partial charge in [0.1, 0.15) is 5.75 Å². The third kappa shape index (κ3) is 4.67. The maximum absolute atomic E-state index is 12.5. The molecular weight excluding hydrogens is 302 g/mol. The number of benzene rings is 1. The Bertz CT molecular complexity index is 593. The Balaban J connectivity index is 2.27. The summed E-state index contributed by atoms with van der Waals surface area (Å²) in [6.45, 7) is 7.61. The van der Waals surface area contributed by atoms with Crippen molar-refractivity contribution in [2.75, 3.05) is 20.3 Å². The first kappa shape index (κ1) is 18.7. The molecule has 1 atom stereocenters. The summed E-state index contributed by atoms with van der Waals surface area (Å²) < 4.78 is 11.0. The van der Waals surface area contributed by atoms with Gasteiger partial charge in [0.05, 0.1) is 18.2 Å². The van der Waals surface area contributed by atoms with Gasteiger partial charge in [-0.25, -0.2) is 0 Å². The lowest BCUT2D eigenvalue weighted by molar-refractivity contribution is 0.0977. The molecule has 0 fully saturated rings. The summed E-state index contributed by atoms with van der Waals surface area (Å²) >= 11 is 0. The molecule has 4 heteroatoms. The highest BCUT2D eigenvalue weighted by Gasteiger charge is 2.22. The fourth-order valence-corrected chi connectivity index (χ4v) is 2.88. The quantitative estimate of drug-likeness (QED) is 0.506. The molecule has 0 aromatic heterocycles. The van der Waals surface area contributed by atoms with Crippen molar-refractivity contribution in [2.24, 2.45) is 10.9 Å². The standard InChI is InChI=1S/C20H29NO3/c1-5-7-19(22)17-10-16-13-21-18(14(2)3)11-15(16)12-20(17)24-9-6-8-23-4/h10,12-14,18H,5-9,11H2,1-4H3. The van der Waals surface area contributed by atoms with Gasteiger partial charge in [0.15, 0.2) is 5.78 Å². The van der Waals surface area contributed by atoms with Crippen LogP contribution in [0, 0.1) is 5.92 Å². The highest BCUT2D eigenvalue weighted by molar-refractivity contribution is 6.00. The van der Waals surface area contributed by atoms with Crippen molar-refractivity contribution in [3.05, 3.63) is 28.8 Å². The molecule has 0 bridgehead atoms. The molecule has 4 nitrogen and oxygen atoms in total. The minimum Gasteiger partial charge on any atom is -0.493 e. The molecule has 1 unspecified atom stereocenters. The number of ether oxygens (including phenoxy) is 2. The molecule has 0 N–H and O–H groups in total. The van der Waals surface area contributed by atoms with E-state index in [4.69, 9.17) is 9.47 Å². The zero-order valence-corrected chi connectivity index (χ0v) is 15.3. The van der Waals surface area contributed by atoms with Crippen molar-refractivity contribution >= 4 is 12.0 Å². The molecule has 0 saturated heterocycles. The van der Waals surface area contributed by atoms with Crippen molar-refractivity contribution in [1.82, 2.24) is 0 Å². The first-order valence-corrected chi connectivity index (χ1v) is 8.91. The zero-order chi connectivity index (χ0) is 17.5. The maximum atomic E-state index is 12.5. The number of methoxy groups -OCH3 is 1. The molecule has 0 saturated carbocycles. The average Bonchev–Trinajstić information content (AvgIpc) is 2.57. The Morgan fingerprint density at radius 3 is 2.79 bits per heavy atom. The number of ketones is 1. The zero-order valence-electron chi connectivity index (χ0n) is 15.3. The van der Waals surface area contributed by atoms with Gasteiger partial charge in [0.2, 0.25) is 0 Å². The smallest absolute Gasteiger partial charge is 0.166 e. The topological polar surface area (TPSA) is 47.9 Å². The monoisotopic (exact) mass is 331 g/mol. The van der Waals surface area contributed by atoms with E-state index in [9.17, 15) is 4.79 Å². The van der Waals surface area contributed by atoms with Gasteiger partial charge in [-0.05, 0) is 42.0 Å². The summed E-state index contributed by atoms with van der Waals surface area (Å²) in [4.78, 5) is 17.1. The van der Waals surface area contributed by atoms with E-state index in [0.717, 1.165) is 24.8 Å². The normalized spacial score (nSPS) is 16.3. The molecule has 1 aromatic rings. The van der Waals surface area contributed by atoms with Crippen LogP contribution in [0.25, 0.3) is 0 Å². The van der Waals surface area contributed by atoms with Crippen molar-refractivity contribution in [1.29, 1.82) is 0 Å². The van der Waals surface area contributed by atoms with Crippen molar-refractivity contribution in [3.8, 4) is 5.75 Å². The lowest BCUT2D eigenvalue weighted by atomic mass is 9.89. The Morgan fingerprint density at radius 2 is 2.12 bits per heavy atom. The SMILES string of the molecule is CCCC(=O)c1cc2c(cc1OCCCOC)CC(C(C)C)N=C2. The van der Waals surface area contributed by atoms with Gasteiger partial charge in [0, 0.05) is 32.8 Å². The van der Waals surface area contributed by atoms with Gasteiger partial charge in [-0.15, -0.1) is 0 Å². The Hall–Kier alpha value is -1.68. The van der Waals surface area contributed by atoms with E-state index in [0.29, 0.717) is 42.9 Å². The first-order chi connectivity index (χ1) is 11.6. The van der Waals surface area contributed by atoms with E-state index < -0.39 is 0 Å². The Morgan fingerprint density at radius 1 is 1.33 bits per heavy atom. The van der Waals surface area contributed by atoms with Crippen LogP contribution < -0.4 is 4.74 Å². The van der Waals surface area contributed by atoms with Gasteiger partial charge >= 0.3 is 0 Å². The molecule has 0 radical (unpaired) electrons. The number of hydrogen-bond acceptors (Lipinski definition) is 4. The minimum absolute atomic E-state index is 0.140. The fourth-order valence-electron chi connectivity index (χ4n) is 2.88. The van der Waals surface area contributed by atoms with Crippen molar-refractivity contribution in [3.63, 3.8) is 0 Å². The van der Waals surface area contributed by atoms with Crippen LogP contribution in [0.2, 0.25) is 0 Å². The summed E-state index contributed by atoms with van der Waals surface area (Å²) in [6, 6.07) is 4.31. The van der Waals surface area contributed by atoms with Gasteiger partial charge in [0.25, 0.3) is 0 Å². The molecular formula is C20H29NO3. The molecule has 1 aliphatic heterocycles. The number of Topliss-reactive ketones (excluding diaryl/α,β-unsaturated/α-hetero) is 1. The number of fused-ring (bicyclic) bond motifs is 1. The Labute approximate surface area is 145 Å². The molecule has 0 aliphatic carbocycles. The van der Waals surface area contributed by atoms with Gasteiger partial charge in [-0.1, -0.05) is 20.8 Å². The molecule has 1 aromatic carbocycles. The molecule has 1 heterocycles. The van der Waals surface area contributed by atoms with Crippen LogP contribution in [-0.2, 0) is 11.2 Å². The van der Waals surface area contributed by atoms with Crippen molar-refractivity contribution < 1.29 is 14.3 Å². The number of aliphatic imine (C=N–C) groups is 1. The predicted molar refractivity (Wildman–Crippen MR) is 97.6 cm³/mol. The third-order valence-electron chi connectivity index (χ3n) is 4.37. The number of nitrogens with zero attached hydrogens (tertiary/aromatic N) is 1. The second kappa shape index (κ2) is 8.97. The van der Waals surface area contributed by atoms with Crippen LogP contribution in [0.4, 0.5) is 0 Å². The molecule has 0 spiro atoms. The van der Waals surface area contributed by atoms with Crippen LogP contribution >= 0.6 is 0 Å². The molecule has 2 rings (SSSR count). The Kier molecular flexibility index (Phi) is 6.98. The first-order valence-electron chi connectivity index (χ1n) is 8.91. The summed E-state index contributed by atoms with van der Waals surface area (Å²) in [5.74, 6) is 1.35. The average molecular weight is 331 g/mol. The summed E-state index contributed by atoms with van der Waals surface area (Å²) in [6.07, 6.45) is 5.01. The summed E-state index contributed by atoms with van der Waals surface area (Å²) in [7, 11) is 1.68. The molecule has 24 heavy (non-hydrogen) atoms. The summed E-state index contributed by atoms with van der Waals surface area (Å²) in [5.41, 5.74) is 2.96. The molecule has 132 valence electrons. The number of hydrogen-bond donors (Lipinski definition) is 0. The minimum atomic E-state index is 0.140. The lowest BCUT2D eigenvalue weighted by Crippen LogP contribution is -2.21. The summed E-state index contributed by atoms with van der Waals surface area (Å²) in [5, 5.41) is 0. The van der Waals surface area contributed by atoms with E-state index in [1.807, 2.05) is 25.3 Å². The van der Waals surface area contributed by atoms with Crippen LogP contribution in [-0.4, -0.2) is 38.4 Å². The van der Waals surface area contributed by atoms with Crippen LogP contribution in [0.5, 0.6) is 5.75 Å². The molecule has 1 aliphatic rings. The van der Waals surface area contributed by atoms with E-state index in [1.54, 1.807) is 7.11 Å². The van der Waals surface area contributed by atoms with Crippen LogP contribution in [0.1, 0.15) is 61.5 Å². The highest BCUT2D eigenvalue weighted by Crippen LogP contribution is 2.29. The van der Waals surface area contributed by atoms with Gasteiger partial charge in [-0.3, -0.25) is 9.79 Å². The number of carbonyl (C=O) groups is 1. The van der Waals surface area contributed by atoms with Crippen LogP contribution in [0.15, 0.2) is 17.1 Å². The van der Waals surface area contributed by atoms with Gasteiger partial charge < -0.3 is 9.47 Å². The van der Waals surface area contributed by atoms with E-state index in [-0.39, 0.29) is 5.78 Å². The second-order valence-corrected chi connectivity index (χ2v) is 6.71. The highest BCUT2D eigenvalue weighted by atomic mass is 16.5. The van der Waals surface area contributed by atoms with Crippen molar-refractivity contribution in [2.45, 2.75) is 52.5 Å². The largest absolute Gasteiger partial charge is 0.493 e. The second-order valence-electron chi connectivity index (χ2n) is 6.71. The maximum Gasteiger partial charge on any atom is 0.166 e. The van der Waals surface area contributed by atoms with E-state index >= 15 is 0 Å². The predicted octanol–water partition coefficient (Wildman–Crippen LogP) is 4.08. The van der Waals surface area contributed by atoms with E-state index in [2.05, 4.69) is 18.8 Å². The van der Waals surface area contributed by atoms with Gasteiger partial charge in [-0.2, -0.15) is 0 Å². The lowest BCUT2D eigenvalue weighted by Gasteiger charge is -2.23. The van der Waals surface area contributed by atoms with E-state index in [1.165, 1.54) is 5.56 Å². The number of rotatable bonds is 9. The fraction of sp³-hybridized carbons (Fsp3) is 0.600. The number of carbonyl (C=O) groups excluding carboxylic acids is 1. The van der Waals surface area contributed by atoms with Crippen LogP contribution in [0.3, 0.4) is 0 Å².